The molecule has 0 unspecified atom stereocenters. The van der Waals surface area contributed by atoms with Crippen molar-refractivity contribution in [1.82, 2.24) is 39.4 Å². The maximum atomic E-state index is 12.4. The lowest BCUT2D eigenvalue weighted by Crippen LogP contribution is -2.30. The second-order valence-corrected chi connectivity index (χ2v) is 9.35. The van der Waals surface area contributed by atoms with Gasteiger partial charge < -0.3 is 10.2 Å². The zero-order chi connectivity index (χ0) is 25.2. The van der Waals surface area contributed by atoms with Gasteiger partial charge in [0.2, 0.25) is 11.8 Å². The van der Waals surface area contributed by atoms with Gasteiger partial charge in [-0.15, -0.1) is 15.3 Å². The Balaban J connectivity index is 1.17. The summed E-state index contributed by atoms with van der Waals surface area (Å²) < 4.78 is 3.76. The fourth-order valence-electron chi connectivity index (χ4n) is 4.98. The van der Waals surface area contributed by atoms with E-state index in [0.717, 1.165) is 47.3 Å². The van der Waals surface area contributed by atoms with Gasteiger partial charge in [-0.25, -0.2) is 4.98 Å². The molecule has 0 atom stereocenters. The molecule has 1 fully saturated rings. The van der Waals surface area contributed by atoms with E-state index in [9.17, 15) is 9.59 Å². The lowest BCUT2D eigenvalue weighted by molar-refractivity contribution is -0.127. The fourth-order valence-corrected chi connectivity index (χ4v) is 4.98. The predicted molar refractivity (Wildman–Crippen MR) is 139 cm³/mol. The first-order chi connectivity index (χ1) is 18.2. The molecule has 188 valence electrons. The summed E-state index contributed by atoms with van der Waals surface area (Å²) in [6, 6.07) is 17.9. The molecule has 1 aliphatic rings. The van der Waals surface area contributed by atoms with E-state index in [1.165, 1.54) is 0 Å². The highest BCUT2D eigenvalue weighted by molar-refractivity contribution is 5.94. The SMILES string of the molecule is O=C(CCCc1nnc2n3nc(-c4ccccc4)nc3c3ccccc3n12)NCCCN1CCCC1=O. The fraction of sp³-hybridized carbons (Fsp3) is 0.333. The number of hydrogen-bond donors (Lipinski definition) is 1. The zero-order valence-corrected chi connectivity index (χ0v) is 20.5. The average Bonchev–Trinajstić information content (AvgIpc) is 3.66. The lowest BCUT2D eigenvalue weighted by atomic mass is 10.2. The van der Waals surface area contributed by atoms with Gasteiger partial charge in [-0.05, 0) is 31.4 Å². The minimum Gasteiger partial charge on any atom is -0.356 e. The molecule has 0 radical (unpaired) electrons. The quantitative estimate of drug-likeness (QED) is 0.314. The number of nitrogens with zero attached hydrogens (tertiary/aromatic N) is 7. The molecule has 1 N–H and O–H groups in total. The van der Waals surface area contributed by atoms with E-state index in [2.05, 4.69) is 15.5 Å². The normalized spacial score (nSPS) is 13.8. The van der Waals surface area contributed by atoms with E-state index >= 15 is 0 Å². The highest BCUT2D eigenvalue weighted by Gasteiger charge is 2.20. The second kappa shape index (κ2) is 9.96. The molecule has 2 amide bonds. The van der Waals surface area contributed by atoms with Crippen LogP contribution in [0.15, 0.2) is 54.6 Å². The number of hydrogen-bond acceptors (Lipinski definition) is 6. The van der Waals surface area contributed by atoms with Crippen molar-refractivity contribution in [3.05, 3.63) is 60.4 Å². The second-order valence-electron chi connectivity index (χ2n) is 9.35. The van der Waals surface area contributed by atoms with Crippen LogP contribution in [0.1, 0.15) is 37.9 Å². The van der Waals surface area contributed by atoms with Crippen molar-refractivity contribution in [2.45, 2.75) is 38.5 Å². The van der Waals surface area contributed by atoms with Gasteiger partial charge in [0.05, 0.1) is 5.52 Å². The Labute approximate surface area is 213 Å². The van der Waals surface area contributed by atoms with E-state index in [-0.39, 0.29) is 11.8 Å². The van der Waals surface area contributed by atoms with Crippen molar-refractivity contribution in [3.8, 4) is 11.4 Å². The van der Waals surface area contributed by atoms with Gasteiger partial charge >= 0.3 is 0 Å². The Bertz CT molecular complexity index is 1590. The largest absolute Gasteiger partial charge is 0.356 e. The summed E-state index contributed by atoms with van der Waals surface area (Å²) in [5, 5.41) is 17.6. The lowest BCUT2D eigenvalue weighted by Gasteiger charge is -2.15. The number of carbonyl (C=O) groups excluding carboxylic acids is 2. The first-order valence-corrected chi connectivity index (χ1v) is 12.8. The van der Waals surface area contributed by atoms with Crippen LogP contribution >= 0.6 is 0 Å². The Morgan fingerprint density at radius 2 is 1.84 bits per heavy atom. The van der Waals surface area contributed by atoms with Crippen molar-refractivity contribution in [2.75, 3.05) is 19.6 Å². The maximum absolute atomic E-state index is 12.4. The van der Waals surface area contributed by atoms with Gasteiger partial charge in [-0.3, -0.25) is 14.0 Å². The number of aryl methyl sites for hydroxylation is 1. The zero-order valence-electron chi connectivity index (χ0n) is 20.5. The third-order valence-electron chi connectivity index (χ3n) is 6.83. The van der Waals surface area contributed by atoms with Crippen LogP contribution in [0.3, 0.4) is 0 Å². The Morgan fingerprint density at radius 1 is 1.00 bits per heavy atom. The van der Waals surface area contributed by atoms with Gasteiger partial charge in [0.1, 0.15) is 5.82 Å². The minimum absolute atomic E-state index is 0.0117. The van der Waals surface area contributed by atoms with Crippen LogP contribution in [0.4, 0.5) is 0 Å². The summed E-state index contributed by atoms with van der Waals surface area (Å²) in [7, 11) is 0. The summed E-state index contributed by atoms with van der Waals surface area (Å²) in [5.41, 5.74) is 2.63. The van der Waals surface area contributed by atoms with Gasteiger partial charge in [-0.1, -0.05) is 42.5 Å². The standard InChI is InChI=1S/C27H28N8O2/c36-23(28-16-8-18-33-17-7-15-24(33)37)14-6-13-22-30-31-27-34(22)21-12-5-4-11-20(21)26-29-25(32-35(26)27)19-9-2-1-3-10-19/h1-5,9-12H,6-8,13-18H2,(H,28,36). The van der Waals surface area contributed by atoms with Crippen molar-refractivity contribution < 1.29 is 9.59 Å². The molecule has 0 spiro atoms. The molecule has 0 saturated carbocycles. The van der Waals surface area contributed by atoms with Gasteiger partial charge in [-0.2, -0.15) is 4.52 Å². The maximum Gasteiger partial charge on any atom is 0.258 e. The van der Waals surface area contributed by atoms with E-state index in [1.54, 1.807) is 4.52 Å². The number of rotatable bonds is 9. The molecule has 2 aromatic carbocycles. The molecule has 6 rings (SSSR count). The molecule has 5 aromatic rings. The summed E-state index contributed by atoms with van der Waals surface area (Å²) >= 11 is 0. The van der Waals surface area contributed by atoms with Crippen LogP contribution in [0, 0.1) is 0 Å². The molecule has 0 bridgehead atoms. The number of para-hydroxylation sites is 1. The van der Waals surface area contributed by atoms with Crippen LogP contribution in [-0.4, -0.2) is 65.5 Å². The molecule has 10 heteroatoms. The highest BCUT2D eigenvalue weighted by Crippen LogP contribution is 2.25. The average molecular weight is 497 g/mol. The molecule has 4 heterocycles. The van der Waals surface area contributed by atoms with Crippen molar-refractivity contribution >= 4 is 34.1 Å². The van der Waals surface area contributed by atoms with Crippen LogP contribution in [0.5, 0.6) is 0 Å². The summed E-state index contributed by atoms with van der Waals surface area (Å²) in [6.45, 7) is 2.12. The number of amides is 2. The number of benzene rings is 2. The summed E-state index contributed by atoms with van der Waals surface area (Å²) in [5.74, 6) is 2.25. The smallest absolute Gasteiger partial charge is 0.258 e. The Hall–Kier alpha value is -4.34. The van der Waals surface area contributed by atoms with Crippen LogP contribution < -0.4 is 5.32 Å². The molecule has 1 aliphatic heterocycles. The van der Waals surface area contributed by atoms with Gasteiger partial charge in [0.15, 0.2) is 11.5 Å². The molecule has 1 saturated heterocycles. The number of nitrogens with one attached hydrogen (secondary N) is 1. The molecular formula is C27H28N8O2. The van der Waals surface area contributed by atoms with Crippen molar-refractivity contribution in [3.63, 3.8) is 0 Å². The third kappa shape index (κ3) is 4.50. The first kappa shape index (κ1) is 23.1. The van der Waals surface area contributed by atoms with Crippen molar-refractivity contribution in [2.24, 2.45) is 0 Å². The number of likely N-dealkylation sites (tertiary alicyclic amines) is 1. The monoisotopic (exact) mass is 496 g/mol. The van der Waals surface area contributed by atoms with E-state index in [0.29, 0.717) is 50.4 Å². The molecule has 10 nitrogen and oxygen atoms in total. The Morgan fingerprint density at radius 3 is 2.68 bits per heavy atom. The van der Waals surface area contributed by atoms with Gasteiger partial charge in [0, 0.05) is 49.8 Å². The van der Waals surface area contributed by atoms with Crippen molar-refractivity contribution in [1.29, 1.82) is 0 Å². The molecule has 3 aromatic heterocycles. The number of carbonyl (C=O) groups is 2. The van der Waals surface area contributed by atoms with Crippen LogP contribution in [0.2, 0.25) is 0 Å². The number of aromatic nitrogens is 6. The first-order valence-electron chi connectivity index (χ1n) is 12.8. The third-order valence-corrected chi connectivity index (χ3v) is 6.83. The minimum atomic E-state index is 0.0117. The predicted octanol–water partition coefficient (Wildman–Crippen LogP) is 3.04. The molecule has 37 heavy (non-hydrogen) atoms. The molecular weight excluding hydrogens is 468 g/mol. The summed E-state index contributed by atoms with van der Waals surface area (Å²) in [6.07, 6.45) is 4.02. The topological polar surface area (TPSA) is 110 Å². The molecule has 0 aliphatic carbocycles. The van der Waals surface area contributed by atoms with E-state index in [4.69, 9.17) is 10.1 Å². The summed E-state index contributed by atoms with van der Waals surface area (Å²) in [4.78, 5) is 30.7. The van der Waals surface area contributed by atoms with E-state index in [1.807, 2.05) is 63.9 Å². The Kier molecular flexibility index (Phi) is 6.21. The van der Waals surface area contributed by atoms with Gasteiger partial charge in [0.25, 0.3) is 5.78 Å². The number of fused-ring (bicyclic) bond motifs is 6. The highest BCUT2D eigenvalue weighted by atomic mass is 16.2. The van der Waals surface area contributed by atoms with Crippen LogP contribution in [-0.2, 0) is 16.0 Å². The van der Waals surface area contributed by atoms with Crippen LogP contribution in [0.25, 0.3) is 33.7 Å². The van der Waals surface area contributed by atoms with E-state index < -0.39 is 0 Å².